The number of para-hydroxylation sites is 2. The van der Waals surface area contributed by atoms with E-state index in [0.29, 0.717) is 35.2 Å². The van der Waals surface area contributed by atoms with E-state index in [4.69, 9.17) is 14.2 Å². The third kappa shape index (κ3) is 4.00. The molecule has 0 saturated heterocycles. The molecular formula is C25H21N3O4. The molecule has 2 heterocycles. The molecule has 0 radical (unpaired) electrons. The van der Waals surface area contributed by atoms with Crippen LogP contribution in [0.3, 0.4) is 0 Å². The van der Waals surface area contributed by atoms with Gasteiger partial charge in [-0.1, -0.05) is 30.3 Å². The van der Waals surface area contributed by atoms with Gasteiger partial charge in [0.25, 0.3) is 5.91 Å². The van der Waals surface area contributed by atoms with Crippen molar-refractivity contribution in [2.75, 3.05) is 13.9 Å². The normalized spacial score (nSPS) is 12.7. The van der Waals surface area contributed by atoms with Gasteiger partial charge in [-0.15, -0.1) is 0 Å². The van der Waals surface area contributed by atoms with Crippen molar-refractivity contribution >= 4 is 28.6 Å². The molecule has 4 aromatic rings. The van der Waals surface area contributed by atoms with E-state index in [1.165, 1.54) is 0 Å². The van der Waals surface area contributed by atoms with Crippen LogP contribution in [0.1, 0.15) is 17.0 Å². The number of H-pyrrole nitrogens is 1. The third-order valence-electron chi connectivity index (χ3n) is 5.18. The summed E-state index contributed by atoms with van der Waals surface area (Å²) in [6.45, 7) is 0.551. The van der Waals surface area contributed by atoms with Gasteiger partial charge in [-0.05, 0) is 53.6 Å². The Morgan fingerprint density at radius 2 is 1.97 bits per heavy atom. The fourth-order valence-electron chi connectivity index (χ4n) is 3.55. The Kier molecular flexibility index (Phi) is 5.21. The highest BCUT2D eigenvalue weighted by Gasteiger charge is 2.18. The number of hydrogen-bond acceptors (Lipinski definition) is 5. The summed E-state index contributed by atoms with van der Waals surface area (Å²) in [4.78, 5) is 21.1. The molecule has 0 saturated carbocycles. The number of amides is 1. The molecule has 1 aliphatic heterocycles. The lowest BCUT2D eigenvalue weighted by Gasteiger charge is -2.09. The largest absolute Gasteiger partial charge is 0.497 e. The summed E-state index contributed by atoms with van der Waals surface area (Å²) in [6, 6.07) is 20.8. The molecule has 1 aromatic heterocycles. The Morgan fingerprint density at radius 1 is 1.09 bits per heavy atom. The number of nitrogens with one attached hydrogen (secondary N) is 2. The number of carbonyl (C=O) groups excluding carboxylic acids is 1. The van der Waals surface area contributed by atoms with Gasteiger partial charge < -0.3 is 24.5 Å². The van der Waals surface area contributed by atoms with Crippen molar-refractivity contribution in [3.8, 4) is 17.2 Å². The molecule has 0 fully saturated rings. The van der Waals surface area contributed by atoms with E-state index in [1.54, 1.807) is 13.2 Å². The molecule has 0 bridgehead atoms. The maximum Gasteiger partial charge on any atom is 0.255 e. The van der Waals surface area contributed by atoms with Gasteiger partial charge in [-0.3, -0.25) is 4.79 Å². The van der Waals surface area contributed by atoms with Crippen molar-refractivity contribution in [3.63, 3.8) is 0 Å². The number of methoxy groups -OCH3 is 1. The average Bonchev–Trinajstić information content (AvgIpc) is 3.47. The zero-order valence-corrected chi connectivity index (χ0v) is 17.4. The van der Waals surface area contributed by atoms with E-state index >= 15 is 0 Å². The first-order valence-electron chi connectivity index (χ1n) is 10.2. The van der Waals surface area contributed by atoms with Crippen molar-refractivity contribution in [3.05, 3.63) is 83.7 Å². The van der Waals surface area contributed by atoms with Crippen LogP contribution < -0.4 is 19.5 Å². The van der Waals surface area contributed by atoms with Gasteiger partial charge in [-0.25, -0.2) is 4.98 Å². The Hall–Kier alpha value is -4.26. The molecule has 7 nitrogen and oxygen atoms in total. The summed E-state index contributed by atoms with van der Waals surface area (Å²) < 4.78 is 16.1. The molecule has 0 aliphatic carbocycles. The smallest absolute Gasteiger partial charge is 0.255 e. The van der Waals surface area contributed by atoms with E-state index in [1.807, 2.05) is 66.7 Å². The lowest BCUT2D eigenvalue weighted by Crippen LogP contribution is -2.24. The molecule has 32 heavy (non-hydrogen) atoms. The van der Waals surface area contributed by atoms with Crippen molar-refractivity contribution in [1.82, 2.24) is 15.3 Å². The van der Waals surface area contributed by atoms with Gasteiger partial charge in [0.1, 0.15) is 11.6 Å². The fourth-order valence-corrected chi connectivity index (χ4v) is 3.55. The van der Waals surface area contributed by atoms with Gasteiger partial charge >= 0.3 is 0 Å². The minimum atomic E-state index is -0.246. The Balaban J connectivity index is 1.45. The third-order valence-corrected chi connectivity index (χ3v) is 5.18. The number of ether oxygens (including phenoxy) is 3. The maximum absolute atomic E-state index is 13.3. The Morgan fingerprint density at radius 3 is 2.84 bits per heavy atom. The van der Waals surface area contributed by atoms with Gasteiger partial charge in [0.15, 0.2) is 11.5 Å². The van der Waals surface area contributed by atoms with E-state index in [2.05, 4.69) is 15.3 Å². The van der Waals surface area contributed by atoms with Gasteiger partial charge in [-0.2, -0.15) is 0 Å². The second-order valence-electron chi connectivity index (χ2n) is 7.31. The molecular weight excluding hydrogens is 406 g/mol. The minimum absolute atomic E-state index is 0.213. The van der Waals surface area contributed by atoms with Crippen LogP contribution in [0.2, 0.25) is 0 Å². The predicted molar refractivity (Wildman–Crippen MR) is 121 cm³/mol. The number of aromatic nitrogens is 2. The molecule has 2 N–H and O–H groups in total. The molecule has 160 valence electrons. The van der Waals surface area contributed by atoms with Crippen LogP contribution in [-0.2, 0) is 11.3 Å². The van der Waals surface area contributed by atoms with E-state index < -0.39 is 0 Å². The number of nitrogens with zero attached hydrogens (tertiary/aromatic N) is 1. The summed E-state index contributed by atoms with van der Waals surface area (Å²) in [5.41, 5.74) is 3.83. The second kappa shape index (κ2) is 8.47. The van der Waals surface area contributed by atoms with Gasteiger partial charge in [0.2, 0.25) is 6.79 Å². The summed E-state index contributed by atoms with van der Waals surface area (Å²) in [7, 11) is 1.61. The highest BCUT2D eigenvalue weighted by molar-refractivity contribution is 6.23. The predicted octanol–water partition coefficient (Wildman–Crippen LogP) is 4.16. The number of fused-ring (bicyclic) bond motifs is 2. The Bertz CT molecular complexity index is 1290. The van der Waals surface area contributed by atoms with E-state index in [-0.39, 0.29) is 12.7 Å². The monoisotopic (exact) mass is 427 g/mol. The molecule has 1 amide bonds. The molecule has 0 atom stereocenters. The number of imidazole rings is 1. The van der Waals surface area contributed by atoms with Gasteiger partial charge in [0.05, 0.1) is 23.7 Å². The van der Waals surface area contributed by atoms with E-state index in [9.17, 15) is 4.79 Å². The van der Waals surface area contributed by atoms with E-state index in [0.717, 1.165) is 22.2 Å². The molecule has 1 aliphatic rings. The number of aromatic amines is 1. The van der Waals surface area contributed by atoms with Crippen molar-refractivity contribution in [2.45, 2.75) is 6.54 Å². The minimum Gasteiger partial charge on any atom is -0.497 e. The van der Waals surface area contributed by atoms with Crippen molar-refractivity contribution in [2.24, 2.45) is 0 Å². The second-order valence-corrected chi connectivity index (χ2v) is 7.31. The quantitative estimate of drug-likeness (QED) is 0.452. The standard InChI is InChI=1S/C25H21N3O4/c1-30-18-6-4-5-16(11-18)12-19(24-27-20-7-2-3-8-21(20)28-24)25(29)26-14-17-9-10-22-23(13-17)32-15-31-22/h2-13H,14-15H2,1H3,(H,26,29)(H,27,28). The summed E-state index contributed by atoms with van der Waals surface area (Å²) in [6.07, 6.45) is 1.80. The molecule has 7 heteroatoms. The summed E-state index contributed by atoms with van der Waals surface area (Å²) in [5, 5.41) is 2.99. The van der Waals surface area contributed by atoms with Crippen LogP contribution in [0.15, 0.2) is 66.7 Å². The lowest BCUT2D eigenvalue weighted by atomic mass is 10.1. The fraction of sp³-hybridized carbons (Fsp3) is 0.120. The summed E-state index contributed by atoms with van der Waals surface area (Å²) in [5.74, 6) is 2.35. The highest BCUT2D eigenvalue weighted by Crippen LogP contribution is 2.32. The van der Waals surface area contributed by atoms with Gasteiger partial charge in [0, 0.05) is 6.54 Å². The molecule has 5 rings (SSSR count). The van der Waals surface area contributed by atoms with Crippen LogP contribution in [-0.4, -0.2) is 29.8 Å². The zero-order chi connectivity index (χ0) is 21.9. The number of benzene rings is 3. The average molecular weight is 427 g/mol. The number of hydrogen-bond donors (Lipinski definition) is 2. The van der Waals surface area contributed by atoms with Crippen molar-refractivity contribution in [1.29, 1.82) is 0 Å². The first-order valence-corrected chi connectivity index (χ1v) is 10.2. The Labute approximate surface area is 184 Å². The SMILES string of the molecule is COc1cccc(C=C(C(=O)NCc2ccc3c(c2)OCO3)c2nc3ccccc3[nH]2)c1. The van der Waals surface area contributed by atoms with Crippen LogP contribution >= 0.6 is 0 Å². The van der Waals surface area contributed by atoms with Crippen molar-refractivity contribution < 1.29 is 19.0 Å². The zero-order valence-electron chi connectivity index (χ0n) is 17.4. The van der Waals surface area contributed by atoms with Crippen LogP contribution in [0.25, 0.3) is 22.7 Å². The summed E-state index contributed by atoms with van der Waals surface area (Å²) >= 11 is 0. The molecule has 3 aromatic carbocycles. The highest BCUT2D eigenvalue weighted by atomic mass is 16.7. The van der Waals surface area contributed by atoms with Crippen LogP contribution in [0.5, 0.6) is 17.2 Å². The number of rotatable bonds is 6. The topological polar surface area (TPSA) is 85.5 Å². The first-order chi connectivity index (χ1) is 15.7. The molecule has 0 unspecified atom stereocenters. The van der Waals surface area contributed by atoms with Crippen LogP contribution in [0.4, 0.5) is 0 Å². The van der Waals surface area contributed by atoms with Crippen LogP contribution in [0, 0.1) is 0 Å². The molecule has 0 spiro atoms. The first kappa shape index (κ1) is 19.7. The number of carbonyl (C=O) groups is 1. The lowest BCUT2D eigenvalue weighted by molar-refractivity contribution is -0.115. The maximum atomic E-state index is 13.3.